The molecular formula is C20H24As2Cl2S4. The van der Waals surface area contributed by atoms with E-state index in [-0.39, 0.29) is 0 Å². The Balaban J connectivity index is 1.85. The molecule has 0 unspecified atom stereocenters. The third-order valence-corrected chi connectivity index (χ3v) is 28.9. The summed E-state index contributed by atoms with van der Waals surface area (Å²) in [6.45, 7) is 9.03. The third-order valence-electron chi connectivity index (χ3n) is 5.31. The molecule has 28 heavy (non-hydrogen) atoms. The first-order valence-electron chi connectivity index (χ1n) is 8.96. The van der Waals surface area contributed by atoms with E-state index >= 15 is 0 Å². The number of hydrogen-bond donors (Lipinski definition) is 0. The van der Waals surface area contributed by atoms with Crippen LogP contribution in [0.3, 0.4) is 0 Å². The summed E-state index contributed by atoms with van der Waals surface area (Å²) in [6.07, 6.45) is 0. The minimum absolute atomic E-state index is 1.02. The van der Waals surface area contributed by atoms with Crippen LogP contribution < -0.4 is 0 Å². The molecule has 4 aliphatic heterocycles. The molecule has 0 radical (unpaired) electrons. The summed E-state index contributed by atoms with van der Waals surface area (Å²) in [5, 5.41) is 0. The number of halogens is 2. The van der Waals surface area contributed by atoms with Crippen LogP contribution in [0, 0.1) is 27.7 Å². The first-order valence-corrected chi connectivity index (χ1v) is 26.9. The zero-order valence-corrected chi connectivity index (χ0v) is 25.0. The quantitative estimate of drug-likeness (QED) is 0.276. The zero-order valence-electron chi connectivity index (χ0n) is 16.4. The van der Waals surface area contributed by atoms with Crippen molar-refractivity contribution in [2.75, 3.05) is 0 Å². The fraction of sp³-hybridized carbons (Fsp3) is 0.400. The summed E-state index contributed by atoms with van der Waals surface area (Å²) in [6, 6.07) is 9.23. The van der Waals surface area contributed by atoms with Gasteiger partial charge in [-0.15, -0.1) is 0 Å². The van der Waals surface area contributed by atoms with Crippen LogP contribution in [0.1, 0.15) is 44.5 Å². The molecule has 4 bridgehead atoms. The van der Waals surface area contributed by atoms with E-state index in [1.807, 2.05) is 40.1 Å². The van der Waals surface area contributed by atoms with Gasteiger partial charge in [0.2, 0.25) is 0 Å². The van der Waals surface area contributed by atoms with E-state index in [9.17, 15) is 0 Å². The third kappa shape index (κ3) is 6.29. The summed E-state index contributed by atoms with van der Waals surface area (Å²) in [7, 11) is 21.5. The average Bonchev–Trinajstić information content (AvgIpc) is 2.68. The second-order valence-corrected chi connectivity index (χ2v) is 34.9. The van der Waals surface area contributed by atoms with Gasteiger partial charge in [-0.05, 0) is 0 Å². The molecule has 0 saturated heterocycles. The van der Waals surface area contributed by atoms with Crippen LogP contribution in [0.2, 0.25) is 0 Å². The maximum atomic E-state index is 6.78. The Morgan fingerprint density at radius 2 is 0.750 bits per heavy atom. The molecule has 0 nitrogen and oxygen atoms in total. The summed E-state index contributed by atoms with van der Waals surface area (Å²) < 4.78 is 0. The van der Waals surface area contributed by atoms with Crippen molar-refractivity contribution in [1.29, 1.82) is 0 Å². The molecule has 0 aromatic heterocycles. The Morgan fingerprint density at radius 3 is 0.964 bits per heavy atom. The molecule has 0 aliphatic carbocycles. The predicted molar refractivity (Wildman–Crippen MR) is 140 cm³/mol. The Bertz CT molecular complexity index is 712. The van der Waals surface area contributed by atoms with Gasteiger partial charge in [-0.25, -0.2) is 0 Å². The molecule has 6 rings (SSSR count). The van der Waals surface area contributed by atoms with E-state index in [0.717, 1.165) is 23.0 Å². The summed E-state index contributed by atoms with van der Waals surface area (Å²) in [5.74, 6) is 4.10. The van der Waals surface area contributed by atoms with E-state index < -0.39 is 22.8 Å². The van der Waals surface area contributed by atoms with Gasteiger partial charge in [-0.3, -0.25) is 0 Å². The van der Waals surface area contributed by atoms with Gasteiger partial charge in [0.1, 0.15) is 0 Å². The van der Waals surface area contributed by atoms with Crippen molar-refractivity contribution < 1.29 is 0 Å². The molecule has 4 heterocycles. The molecule has 0 atom stereocenters. The summed E-state index contributed by atoms with van der Waals surface area (Å²) in [4.78, 5) is 0. The van der Waals surface area contributed by atoms with Crippen LogP contribution in [-0.2, 0) is 23.0 Å². The van der Waals surface area contributed by atoms with Crippen LogP contribution in [0.25, 0.3) is 0 Å². The van der Waals surface area contributed by atoms with Crippen molar-refractivity contribution in [1.82, 2.24) is 0 Å². The van der Waals surface area contributed by atoms with Crippen molar-refractivity contribution >= 4 is 82.8 Å². The Morgan fingerprint density at radius 1 is 0.536 bits per heavy atom. The van der Waals surface area contributed by atoms with Gasteiger partial charge in [0.25, 0.3) is 0 Å². The van der Waals surface area contributed by atoms with Crippen LogP contribution in [0.4, 0.5) is 0 Å². The van der Waals surface area contributed by atoms with Gasteiger partial charge in [-0.2, -0.15) is 0 Å². The van der Waals surface area contributed by atoms with Gasteiger partial charge >= 0.3 is 202 Å². The molecule has 0 saturated carbocycles. The predicted octanol–water partition coefficient (Wildman–Crippen LogP) is 8.01. The normalized spacial score (nSPS) is 21.5. The molecular weight excluding hydrogens is 589 g/mol. The number of hydrogen-bond acceptors (Lipinski definition) is 4. The topological polar surface area (TPSA) is 0 Å². The Labute approximate surface area is 200 Å². The van der Waals surface area contributed by atoms with Crippen molar-refractivity contribution in [2.24, 2.45) is 0 Å². The SMILES string of the molecule is Cc1c2ccc(c1C)CS[As](Cl)SCc1ccc(c(C)c1C)CS[As](Cl)SC2. The fourth-order valence-corrected chi connectivity index (χ4v) is 21.1. The van der Waals surface area contributed by atoms with E-state index in [1.54, 1.807) is 0 Å². The van der Waals surface area contributed by atoms with Crippen molar-refractivity contribution in [2.45, 2.75) is 50.7 Å². The molecule has 0 amide bonds. The molecule has 2 aromatic rings. The van der Waals surface area contributed by atoms with E-state index in [2.05, 4.69) is 52.0 Å². The first-order chi connectivity index (χ1) is 13.4. The van der Waals surface area contributed by atoms with Gasteiger partial charge < -0.3 is 0 Å². The standard InChI is InChI=1S/C20H24As2Cl2S4/c1-13-14(2)18-6-5-17(13)9-25-21(23)27-11-19-7-8-20(16(4)15(19)3)12-28-22(24)26-10-18/h5-8H,9-12H2,1-4H3. The number of rotatable bonds is 0. The Kier molecular flexibility index (Phi) is 9.86. The minimum atomic E-state index is -1.44. The fourth-order valence-electron chi connectivity index (χ4n) is 3.05. The van der Waals surface area contributed by atoms with Crippen LogP contribution in [-0.4, -0.2) is 22.8 Å². The van der Waals surface area contributed by atoms with Crippen molar-refractivity contribution in [3.63, 3.8) is 0 Å². The molecule has 152 valence electrons. The molecule has 0 spiro atoms. The van der Waals surface area contributed by atoms with Crippen LogP contribution in [0.15, 0.2) is 24.3 Å². The summed E-state index contributed by atoms with van der Waals surface area (Å²) >= 11 is -2.89. The van der Waals surface area contributed by atoms with Crippen LogP contribution >= 0.6 is 60.0 Å². The maximum absolute atomic E-state index is 6.78. The zero-order chi connectivity index (χ0) is 20.3. The Hall–Kier alpha value is 1.54. The molecule has 2 aromatic carbocycles. The van der Waals surface area contributed by atoms with Gasteiger partial charge in [0, 0.05) is 0 Å². The molecule has 4 aliphatic rings. The monoisotopic (exact) mass is 612 g/mol. The molecule has 8 heteroatoms. The summed E-state index contributed by atoms with van der Waals surface area (Å²) in [5.41, 5.74) is 11.5. The second kappa shape index (κ2) is 11.4. The van der Waals surface area contributed by atoms with Crippen molar-refractivity contribution in [3.05, 3.63) is 68.8 Å². The van der Waals surface area contributed by atoms with E-state index in [1.165, 1.54) is 44.5 Å². The van der Waals surface area contributed by atoms with Gasteiger partial charge in [0.05, 0.1) is 0 Å². The van der Waals surface area contributed by atoms with Gasteiger partial charge in [0.15, 0.2) is 0 Å². The molecule has 0 fully saturated rings. The first kappa shape index (κ1) is 24.2. The molecule has 0 N–H and O–H groups in total. The number of benzene rings is 2. The van der Waals surface area contributed by atoms with E-state index in [4.69, 9.17) is 19.9 Å². The van der Waals surface area contributed by atoms with Crippen LogP contribution in [0.5, 0.6) is 0 Å². The second-order valence-electron chi connectivity index (χ2n) is 6.79. The van der Waals surface area contributed by atoms with E-state index in [0.29, 0.717) is 0 Å². The van der Waals surface area contributed by atoms with Crippen molar-refractivity contribution in [3.8, 4) is 0 Å². The average molecular weight is 613 g/mol. The van der Waals surface area contributed by atoms with Gasteiger partial charge in [-0.1, -0.05) is 0 Å².